The molecule has 0 atom stereocenters. The summed E-state index contributed by atoms with van der Waals surface area (Å²) in [6, 6.07) is 11.5. The van der Waals surface area contributed by atoms with Crippen LogP contribution >= 0.6 is 0 Å². The highest BCUT2D eigenvalue weighted by molar-refractivity contribution is 6.35. The monoisotopic (exact) mass is 804 g/mol. The zero-order valence-electron chi connectivity index (χ0n) is 32.0. The van der Waals surface area contributed by atoms with Crippen LogP contribution in [0.1, 0.15) is 72.2 Å². The van der Waals surface area contributed by atoms with Gasteiger partial charge in [-0.15, -0.1) is 0 Å². The van der Waals surface area contributed by atoms with Gasteiger partial charge in [-0.05, 0) is 84.3 Å². The average molecular weight is 805 g/mol. The van der Waals surface area contributed by atoms with E-state index in [2.05, 4.69) is 10.6 Å². The van der Waals surface area contributed by atoms with Crippen molar-refractivity contribution in [2.75, 3.05) is 10.6 Å². The first kappa shape index (κ1) is 41.2. The molecule has 8 nitrogen and oxygen atoms in total. The molecule has 14 heteroatoms. The Balaban J connectivity index is 1.60. The zero-order valence-corrected chi connectivity index (χ0v) is 32.0. The minimum atomic E-state index is -4.66. The normalized spacial score (nSPS) is 16.2. The fourth-order valence-corrected chi connectivity index (χ4v) is 7.51. The maximum Gasteiger partial charge on any atom is 0.416 e. The molecule has 0 aromatic heterocycles. The van der Waals surface area contributed by atoms with E-state index in [1.54, 1.807) is 53.7 Å². The van der Waals surface area contributed by atoms with Crippen molar-refractivity contribution in [3.63, 3.8) is 0 Å². The molecular formula is C44H38F6N2O6. The predicted octanol–water partition coefficient (Wildman–Crippen LogP) is 11.3. The molecule has 2 aliphatic carbocycles. The topological polar surface area (TPSA) is 139 Å². The fourth-order valence-electron chi connectivity index (χ4n) is 7.51. The number of aliphatic hydroxyl groups is 2. The third-order valence-corrected chi connectivity index (χ3v) is 10.1. The number of fused-ring (bicyclic) bond motifs is 2. The molecule has 4 aromatic carbocycles. The number of benzene rings is 4. The van der Waals surface area contributed by atoms with Gasteiger partial charge in [-0.25, -0.2) is 0 Å². The van der Waals surface area contributed by atoms with Gasteiger partial charge in [0, 0.05) is 57.2 Å². The minimum absolute atomic E-state index is 0.00123. The van der Waals surface area contributed by atoms with E-state index in [1.165, 1.54) is 12.1 Å². The lowest BCUT2D eigenvalue weighted by atomic mass is 9.75. The van der Waals surface area contributed by atoms with Gasteiger partial charge >= 0.3 is 12.4 Å². The summed E-state index contributed by atoms with van der Waals surface area (Å²) >= 11 is 0. The van der Waals surface area contributed by atoms with Gasteiger partial charge in [0.15, 0.2) is 11.5 Å². The summed E-state index contributed by atoms with van der Waals surface area (Å²) in [7, 11) is 0. The molecule has 0 bridgehead atoms. The van der Waals surface area contributed by atoms with Crippen molar-refractivity contribution in [2.45, 2.75) is 53.9 Å². The van der Waals surface area contributed by atoms with Crippen LogP contribution in [0.3, 0.4) is 0 Å². The number of Topliss-reactive ketones (excluding diaryl/α,β-unsaturated/α-hetero) is 2. The van der Waals surface area contributed by atoms with Gasteiger partial charge in [-0.1, -0.05) is 52.0 Å². The lowest BCUT2D eigenvalue weighted by molar-refractivity contribution is -0.138. The lowest BCUT2D eigenvalue weighted by Crippen LogP contribution is -2.20. The van der Waals surface area contributed by atoms with Gasteiger partial charge in [-0.2, -0.15) is 26.3 Å². The van der Waals surface area contributed by atoms with Crippen molar-refractivity contribution in [3.8, 4) is 22.6 Å². The first-order valence-corrected chi connectivity index (χ1v) is 18.0. The second kappa shape index (κ2) is 14.8. The van der Waals surface area contributed by atoms with Crippen LogP contribution in [-0.4, -0.2) is 32.0 Å². The van der Waals surface area contributed by atoms with Crippen LogP contribution in [0, 0.1) is 25.7 Å². The van der Waals surface area contributed by atoms with E-state index in [9.17, 15) is 56.4 Å². The number of alkyl halides is 6. The highest BCUT2D eigenvalue weighted by Gasteiger charge is 2.39. The number of anilines is 2. The molecule has 0 saturated heterocycles. The van der Waals surface area contributed by atoms with Crippen LogP contribution in [0.2, 0.25) is 0 Å². The standard InChI is InChI=1S/C44H38F6N2O6/c1-19(2)31-27-13-21(5)33(39(55)35(27)29(37(53)41(31)57)17-51-25-11-7-9-23(15-25)43(45,46)47)34-22(6)14-28-32(20(3)4)42(58)38(54)30(36(28)40(34)56)18-52-26-12-8-10-24(16-26)44(48,49)50/h7-20,51-52,55-58H,1-6H3/b29-17-,30-18-. The number of rotatable bonds is 7. The molecule has 6 N–H and O–H groups in total. The fraction of sp³-hybridized carbons (Fsp3) is 0.227. The van der Waals surface area contributed by atoms with Crippen LogP contribution in [0.5, 0.6) is 11.5 Å². The SMILES string of the molecule is Cc1cc2c(c(O)c1-c1c(C)cc3c(c1O)/C(=C/Nc1cccc(C(F)(F)F)c1)C(=O)C(O)=C3C(C)C)/C(=C/Nc1cccc(C(F)(F)F)c1)C(=O)C(O)=C2C(C)C. The van der Waals surface area contributed by atoms with Crippen molar-refractivity contribution in [2.24, 2.45) is 11.8 Å². The molecule has 2 aliphatic rings. The van der Waals surface area contributed by atoms with Crippen LogP contribution in [0.15, 0.2) is 84.6 Å². The van der Waals surface area contributed by atoms with E-state index in [1.807, 2.05) is 0 Å². The molecule has 0 heterocycles. The molecule has 0 fully saturated rings. The molecule has 58 heavy (non-hydrogen) atoms. The highest BCUT2D eigenvalue weighted by atomic mass is 19.4. The van der Waals surface area contributed by atoms with E-state index in [4.69, 9.17) is 0 Å². The Morgan fingerprint density at radius 3 is 1.21 bits per heavy atom. The maximum absolute atomic E-state index is 13.8. The summed E-state index contributed by atoms with van der Waals surface area (Å²) in [5.74, 6) is -5.14. The molecule has 302 valence electrons. The van der Waals surface area contributed by atoms with Crippen LogP contribution in [0.25, 0.3) is 33.4 Å². The van der Waals surface area contributed by atoms with Crippen LogP contribution in [-0.2, 0) is 21.9 Å². The van der Waals surface area contributed by atoms with E-state index < -0.39 is 69.9 Å². The first-order chi connectivity index (χ1) is 27.0. The number of aryl methyl sites for hydroxylation is 2. The molecule has 0 radical (unpaired) electrons. The van der Waals surface area contributed by atoms with Crippen LogP contribution < -0.4 is 10.6 Å². The first-order valence-electron chi connectivity index (χ1n) is 18.0. The molecule has 0 unspecified atom stereocenters. The number of phenols is 2. The van der Waals surface area contributed by atoms with Gasteiger partial charge in [-0.3, -0.25) is 9.59 Å². The van der Waals surface area contributed by atoms with Gasteiger partial charge < -0.3 is 31.1 Å². The molecule has 6 rings (SSSR count). The Labute approximate surface area is 329 Å². The van der Waals surface area contributed by atoms with Crippen molar-refractivity contribution in [1.29, 1.82) is 0 Å². The number of phenolic OH excluding ortho intramolecular Hbond substituents is 2. The summed E-state index contributed by atoms with van der Waals surface area (Å²) < 4.78 is 80.9. The van der Waals surface area contributed by atoms with E-state index >= 15 is 0 Å². The predicted molar refractivity (Wildman–Crippen MR) is 210 cm³/mol. The van der Waals surface area contributed by atoms with E-state index in [0.29, 0.717) is 11.1 Å². The summed E-state index contributed by atoms with van der Waals surface area (Å²) in [6.45, 7) is 10.1. The van der Waals surface area contributed by atoms with Crippen molar-refractivity contribution in [3.05, 3.63) is 129 Å². The number of aliphatic hydroxyl groups excluding tert-OH is 2. The number of hydrogen-bond donors (Lipinski definition) is 6. The molecule has 0 spiro atoms. The van der Waals surface area contributed by atoms with Crippen molar-refractivity contribution >= 4 is 45.2 Å². The number of aromatic hydroxyl groups is 2. The third kappa shape index (κ3) is 7.18. The van der Waals surface area contributed by atoms with E-state index in [-0.39, 0.29) is 67.0 Å². The second-order valence-electron chi connectivity index (χ2n) is 14.7. The molecule has 4 aromatic rings. The number of hydrogen-bond acceptors (Lipinski definition) is 8. The van der Waals surface area contributed by atoms with E-state index in [0.717, 1.165) is 48.8 Å². The highest BCUT2D eigenvalue weighted by Crippen LogP contribution is 2.54. The van der Waals surface area contributed by atoms with Gasteiger partial charge in [0.05, 0.1) is 22.3 Å². The number of ketones is 2. The summed E-state index contributed by atoms with van der Waals surface area (Å²) in [5, 5.41) is 52.2. The largest absolute Gasteiger partial charge is 0.507 e. The third-order valence-electron chi connectivity index (χ3n) is 10.1. The summed E-state index contributed by atoms with van der Waals surface area (Å²) in [4.78, 5) is 27.7. The van der Waals surface area contributed by atoms with Gasteiger partial charge in [0.25, 0.3) is 0 Å². The Morgan fingerprint density at radius 2 is 0.897 bits per heavy atom. The summed E-state index contributed by atoms with van der Waals surface area (Å²) in [6.07, 6.45) is -7.18. The second-order valence-corrected chi connectivity index (χ2v) is 14.7. The van der Waals surface area contributed by atoms with Crippen LogP contribution in [0.4, 0.5) is 37.7 Å². The quantitative estimate of drug-likeness (QED) is 0.0802. The molecule has 0 amide bonds. The Hall–Kier alpha value is -6.44. The Morgan fingerprint density at radius 1 is 0.552 bits per heavy atom. The lowest BCUT2D eigenvalue weighted by Gasteiger charge is -2.29. The number of carbonyl (C=O) groups is 2. The molecule has 0 saturated carbocycles. The average Bonchev–Trinajstić information content (AvgIpc) is 3.13. The number of nitrogens with one attached hydrogen (secondary N) is 2. The van der Waals surface area contributed by atoms with Crippen molar-refractivity contribution in [1.82, 2.24) is 0 Å². The number of carbonyl (C=O) groups excluding carboxylic acids is 2. The van der Waals surface area contributed by atoms with Crippen molar-refractivity contribution < 1.29 is 56.4 Å². The summed E-state index contributed by atoms with van der Waals surface area (Å²) in [5.41, 5.74) is -1.28. The number of halogens is 6. The molecule has 0 aliphatic heterocycles. The Kier molecular flexibility index (Phi) is 10.5. The molecular weight excluding hydrogens is 766 g/mol. The van der Waals surface area contributed by atoms with Gasteiger partial charge in [0.1, 0.15) is 11.5 Å². The smallest absolute Gasteiger partial charge is 0.416 e. The minimum Gasteiger partial charge on any atom is -0.507 e. The Bertz CT molecular complexity index is 2370. The number of allylic oxidation sites excluding steroid dienone is 4. The maximum atomic E-state index is 13.8. The zero-order chi connectivity index (χ0) is 42.8. The van der Waals surface area contributed by atoms with Gasteiger partial charge in [0.2, 0.25) is 11.6 Å².